The number of nitrogens with zero attached hydrogens (tertiary/aromatic N) is 2. The smallest absolute Gasteiger partial charge is 0.258 e. The van der Waals surface area contributed by atoms with Crippen molar-refractivity contribution in [1.82, 2.24) is 9.78 Å². The second-order valence-corrected chi connectivity index (χ2v) is 6.36. The van der Waals surface area contributed by atoms with Gasteiger partial charge in [0.15, 0.2) is 0 Å². The van der Waals surface area contributed by atoms with E-state index in [4.69, 9.17) is 0 Å². The largest absolute Gasteiger partial charge is 0.321 e. The molecule has 22 heavy (non-hydrogen) atoms. The molecule has 0 spiro atoms. The van der Waals surface area contributed by atoms with Gasteiger partial charge in [-0.3, -0.25) is 4.79 Å². The fourth-order valence-electron chi connectivity index (χ4n) is 1.95. The van der Waals surface area contributed by atoms with Crippen molar-refractivity contribution in [3.05, 3.63) is 75.4 Å². The third-order valence-corrected chi connectivity index (χ3v) is 4.19. The maximum Gasteiger partial charge on any atom is 0.258 e. The molecule has 1 amide bonds. The number of nitrogens with one attached hydrogen (secondary N) is 1. The fourth-order valence-corrected chi connectivity index (χ4v) is 3.09. The summed E-state index contributed by atoms with van der Waals surface area (Å²) in [6.07, 6.45) is 3.26. The van der Waals surface area contributed by atoms with Crippen LogP contribution in [0.25, 0.3) is 5.69 Å². The lowest BCUT2D eigenvalue weighted by Crippen LogP contribution is -2.11. The summed E-state index contributed by atoms with van der Waals surface area (Å²) in [4.78, 5) is 12.3. The average molecular weight is 421 g/mol. The second kappa shape index (κ2) is 6.46. The molecule has 0 saturated carbocycles. The lowest BCUT2D eigenvalue weighted by atomic mass is 10.3. The van der Waals surface area contributed by atoms with Gasteiger partial charge in [-0.05, 0) is 46.3 Å². The highest BCUT2D eigenvalue weighted by atomic mass is 79.9. The molecule has 0 saturated heterocycles. The molecule has 0 aliphatic rings. The highest BCUT2D eigenvalue weighted by Gasteiger charge is 2.11. The van der Waals surface area contributed by atoms with Gasteiger partial charge in [-0.15, -0.1) is 0 Å². The van der Waals surface area contributed by atoms with Crippen molar-refractivity contribution < 1.29 is 4.79 Å². The third-order valence-electron chi connectivity index (χ3n) is 3.04. The Hall–Kier alpha value is -1.92. The number of anilines is 1. The SMILES string of the molecule is O=C(Nc1ccc(Br)cc1Br)c1cnn(-c2ccccc2)c1. The minimum Gasteiger partial charge on any atom is -0.321 e. The zero-order valence-corrected chi connectivity index (χ0v) is 14.5. The van der Waals surface area contributed by atoms with Crippen molar-refractivity contribution in [2.75, 3.05) is 5.32 Å². The fraction of sp³-hybridized carbons (Fsp3) is 0. The number of carbonyl (C=O) groups is 1. The molecule has 6 heteroatoms. The van der Waals surface area contributed by atoms with E-state index in [1.54, 1.807) is 17.1 Å². The van der Waals surface area contributed by atoms with Gasteiger partial charge in [-0.2, -0.15) is 5.10 Å². The van der Waals surface area contributed by atoms with E-state index in [9.17, 15) is 4.79 Å². The van der Waals surface area contributed by atoms with E-state index in [2.05, 4.69) is 42.3 Å². The highest BCUT2D eigenvalue weighted by molar-refractivity contribution is 9.11. The van der Waals surface area contributed by atoms with Crippen LogP contribution in [-0.2, 0) is 0 Å². The maximum atomic E-state index is 12.3. The lowest BCUT2D eigenvalue weighted by Gasteiger charge is -2.06. The van der Waals surface area contributed by atoms with Crippen LogP contribution in [0.3, 0.4) is 0 Å². The van der Waals surface area contributed by atoms with Gasteiger partial charge in [0, 0.05) is 15.1 Å². The van der Waals surface area contributed by atoms with Gasteiger partial charge in [0.05, 0.1) is 23.1 Å². The van der Waals surface area contributed by atoms with Crippen LogP contribution in [0.2, 0.25) is 0 Å². The normalized spacial score (nSPS) is 10.5. The molecule has 1 aromatic heterocycles. The molecule has 0 fully saturated rings. The molecule has 110 valence electrons. The predicted molar refractivity (Wildman–Crippen MR) is 93.4 cm³/mol. The van der Waals surface area contributed by atoms with E-state index >= 15 is 0 Å². The van der Waals surface area contributed by atoms with Gasteiger partial charge in [0.1, 0.15) is 0 Å². The van der Waals surface area contributed by atoms with Crippen LogP contribution >= 0.6 is 31.9 Å². The van der Waals surface area contributed by atoms with Crippen LogP contribution in [0.15, 0.2) is 69.9 Å². The Balaban J connectivity index is 1.80. The third kappa shape index (κ3) is 3.28. The zero-order chi connectivity index (χ0) is 15.5. The quantitative estimate of drug-likeness (QED) is 0.670. The molecule has 1 heterocycles. The zero-order valence-electron chi connectivity index (χ0n) is 11.3. The monoisotopic (exact) mass is 419 g/mol. The number of carbonyl (C=O) groups excluding carboxylic acids is 1. The molecule has 0 atom stereocenters. The maximum absolute atomic E-state index is 12.3. The Morgan fingerprint density at radius 3 is 2.59 bits per heavy atom. The summed E-state index contributed by atoms with van der Waals surface area (Å²) < 4.78 is 3.42. The first-order valence-electron chi connectivity index (χ1n) is 6.50. The lowest BCUT2D eigenvalue weighted by molar-refractivity contribution is 0.102. The summed E-state index contributed by atoms with van der Waals surface area (Å²) >= 11 is 6.81. The number of amides is 1. The molecule has 3 aromatic rings. The first-order valence-corrected chi connectivity index (χ1v) is 8.08. The number of para-hydroxylation sites is 1. The van der Waals surface area contributed by atoms with Crippen molar-refractivity contribution >= 4 is 43.5 Å². The van der Waals surface area contributed by atoms with E-state index in [0.29, 0.717) is 11.3 Å². The Bertz CT molecular complexity index is 815. The first-order chi connectivity index (χ1) is 10.6. The van der Waals surface area contributed by atoms with Gasteiger partial charge in [0.2, 0.25) is 0 Å². The summed E-state index contributed by atoms with van der Waals surface area (Å²) in [5.41, 5.74) is 2.12. The second-order valence-electron chi connectivity index (χ2n) is 4.59. The van der Waals surface area contributed by atoms with Crippen LogP contribution < -0.4 is 5.32 Å². The van der Waals surface area contributed by atoms with Crippen LogP contribution in [0, 0.1) is 0 Å². The number of hydrogen-bond donors (Lipinski definition) is 1. The average Bonchev–Trinajstić information content (AvgIpc) is 3.01. The van der Waals surface area contributed by atoms with E-state index in [-0.39, 0.29) is 5.91 Å². The van der Waals surface area contributed by atoms with Crippen molar-refractivity contribution in [2.45, 2.75) is 0 Å². The van der Waals surface area contributed by atoms with Gasteiger partial charge >= 0.3 is 0 Å². The van der Waals surface area contributed by atoms with Crippen molar-refractivity contribution in [2.24, 2.45) is 0 Å². The summed E-state index contributed by atoms with van der Waals surface area (Å²) in [5, 5.41) is 7.08. The molecule has 1 N–H and O–H groups in total. The number of aromatic nitrogens is 2. The summed E-state index contributed by atoms with van der Waals surface area (Å²) in [6, 6.07) is 15.2. The van der Waals surface area contributed by atoms with Crippen molar-refractivity contribution in [3.8, 4) is 5.69 Å². The summed E-state index contributed by atoms with van der Waals surface area (Å²) in [6.45, 7) is 0. The van der Waals surface area contributed by atoms with Gasteiger partial charge in [0.25, 0.3) is 5.91 Å². The standard InChI is InChI=1S/C16H11Br2N3O/c17-12-6-7-15(14(18)8-12)20-16(22)11-9-19-21(10-11)13-4-2-1-3-5-13/h1-10H,(H,20,22). The van der Waals surface area contributed by atoms with E-state index in [1.165, 1.54) is 0 Å². The Morgan fingerprint density at radius 2 is 1.86 bits per heavy atom. The molecule has 0 bridgehead atoms. The number of rotatable bonds is 3. The molecule has 0 unspecified atom stereocenters. The van der Waals surface area contributed by atoms with E-state index in [1.807, 2.05) is 48.5 Å². The van der Waals surface area contributed by atoms with Gasteiger partial charge in [-0.25, -0.2) is 4.68 Å². The molecule has 0 radical (unpaired) electrons. The first kappa shape index (κ1) is 15.0. The molecular formula is C16H11Br2N3O. The van der Waals surface area contributed by atoms with E-state index in [0.717, 1.165) is 14.6 Å². The minimum atomic E-state index is -0.204. The molecule has 3 rings (SSSR count). The van der Waals surface area contributed by atoms with Crippen LogP contribution in [0.5, 0.6) is 0 Å². The predicted octanol–water partition coefficient (Wildman–Crippen LogP) is 4.65. The number of benzene rings is 2. The Morgan fingerprint density at radius 1 is 1.09 bits per heavy atom. The summed E-state index contributed by atoms with van der Waals surface area (Å²) in [7, 11) is 0. The van der Waals surface area contributed by atoms with Crippen molar-refractivity contribution in [3.63, 3.8) is 0 Å². The molecule has 0 aliphatic heterocycles. The van der Waals surface area contributed by atoms with Crippen LogP contribution in [-0.4, -0.2) is 15.7 Å². The summed E-state index contributed by atoms with van der Waals surface area (Å²) in [5.74, 6) is -0.204. The van der Waals surface area contributed by atoms with E-state index < -0.39 is 0 Å². The Kier molecular flexibility index (Phi) is 4.40. The van der Waals surface area contributed by atoms with Crippen LogP contribution in [0.4, 0.5) is 5.69 Å². The van der Waals surface area contributed by atoms with Crippen LogP contribution in [0.1, 0.15) is 10.4 Å². The van der Waals surface area contributed by atoms with Gasteiger partial charge < -0.3 is 5.32 Å². The van der Waals surface area contributed by atoms with Gasteiger partial charge in [-0.1, -0.05) is 34.1 Å². The van der Waals surface area contributed by atoms with Crippen molar-refractivity contribution in [1.29, 1.82) is 0 Å². The number of hydrogen-bond acceptors (Lipinski definition) is 2. The molecule has 4 nitrogen and oxygen atoms in total. The number of halogens is 2. The molecular weight excluding hydrogens is 410 g/mol. The topological polar surface area (TPSA) is 46.9 Å². The Labute approximate surface area is 144 Å². The molecule has 2 aromatic carbocycles. The minimum absolute atomic E-state index is 0.204. The molecule has 0 aliphatic carbocycles. The highest BCUT2D eigenvalue weighted by Crippen LogP contribution is 2.26.